The molecule has 0 radical (unpaired) electrons. The van der Waals surface area contributed by atoms with Gasteiger partial charge in [0.2, 0.25) is 0 Å². The zero-order valence-corrected chi connectivity index (χ0v) is 25.1. The first kappa shape index (κ1) is 36.3. The van der Waals surface area contributed by atoms with Gasteiger partial charge in [-0.2, -0.15) is 0 Å². The average Bonchev–Trinajstić information content (AvgIpc) is 2.85. The Labute approximate surface area is 232 Å². The molecule has 0 amide bonds. The van der Waals surface area contributed by atoms with Gasteiger partial charge in [0.05, 0.1) is 40.3 Å². The molecular weight excluding hydrogens is 486 g/mol. The fourth-order valence-electron chi connectivity index (χ4n) is 4.28. The summed E-state index contributed by atoms with van der Waals surface area (Å²) in [5, 5.41) is 11.4. The topological polar surface area (TPSA) is 102 Å². The second kappa shape index (κ2) is 23.2. The first-order chi connectivity index (χ1) is 18.1. The molecule has 0 saturated heterocycles. The Kier molecular flexibility index (Phi) is 22.2. The summed E-state index contributed by atoms with van der Waals surface area (Å²) < 4.78 is 16.7. The van der Waals surface area contributed by atoms with E-state index < -0.39 is 18.1 Å². The van der Waals surface area contributed by atoms with Crippen molar-refractivity contribution in [3.63, 3.8) is 0 Å². The van der Waals surface area contributed by atoms with Crippen LogP contribution in [0.15, 0.2) is 0 Å². The highest BCUT2D eigenvalue weighted by atomic mass is 16.6. The third-order valence-corrected chi connectivity index (χ3v) is 6.74. The number of hydrogen-bond acceptors (Lipinski definition) is 7. The van der Waals surface area contributed by atoms with Crippen LogP contribution in [0.1, 0.15) is 123 Å². The molecule has 8 heteroatoms. The van der Waals surface area contributed by atoms with Crippen molar-refractivity contribution < 1.29 is 38.2 Å². The van der Waals surface area contributed by atoms with Crippen molar-refractivity contribution in [1.29, 1.82) is 0 Å². The summed E-state index contributed by atoms with van der Waals surface area (Å²) in [4.78, 5) is 35.8. The van der Waals surface area contributed by atoms with Gasteiger partial charge in [-0.05, 0) is 12.8 Å². The highest BCUT2D eigenvalue weighted by Crippen LogP contribution is 2.13. The highest BCUT2D eigenvalue weighted by Gasteiger charge is 2.25. The van der Waals surface area contributed by atoms with E-state index in [4.69, 9.17) is 14.2 Å². The highest BCUT2D eigenvalue weighted by molar-refractivity contribution is 5.70. The van der Waals surface area contributed by atoms with Crippen LogP contribution in [-0.2, 0) is 28.6 Å². The minimum Gasteiger partial charge on any atom is -0.544 e. The summed E-state index contributed by atoms with van der Waals surface area (Å²) in [5.74, 6) is -1.78. The maximum Gasteiger partial charge on any atom is 0.306 e. The summed E-state index contributed by atoms with van der Waals surface area (Å²) in [6.45, 7) is 4.39. The minimum absolute atomic E-state index is 0.0438. The number of ether oxygens (including phenoxy) is 3. The number of carboxylic acids is 1. The van der Waals surface area contributed by atoms with Crippen molar-refractivity contribution >= 4 is 17.9 Å². The van der Waals surface area contributed by atoms with Crippen molar-refractivity contribution in [1.82, 2.24) is 0 Å². The SMILES string of the molecule is CCCCCCCCCCCCCCC(=O)OC(COCCC(C(=O)[O-])[N+](C)(C)C)COC(=O)CCCC. The maximum atomic E-state index is 12.4. The number of esters is 2. The maximum absolute atomic E-state index is 12.4. The van der Waals surface area contributed by atoms with Gasteiger partial charge in [0.25, 0.3) is 0 Å². The third-order valence-electron chi connectivity index (χ3n) is 6.74. The van der Waals surface area contributed by atoms with Crippen molar-refractivity contribution in [3.8, 4) is 0 Å². The lowest BCUT2D eigenvalue weighted by atomic mass is 10.0. The summed E-state index contributed by atoms with van der Waals surface area (Å²) in [6, 6.07) is -0.714. The van der Waals surface area contributed by atoms with Gasteiger partial charge in [-0.15, -0.1) is 0 Å². The Morgan fingerprint density at radius 2 is 1.18 bits per heavy atom. The molecule has 0 heterocycles. The van der Waals surface area contributed by atoms with E-state index >= 15 is 0 Å². The Balaban J connectivity index is 4.31. The van der Waals surface area contributed by atoms with Crippen molar-refractivity contribution in [2.24, 2.45) is 0 Å². The molecule has 0 fully saturated rings. The number of nitrogens with zero attached hydrogens (tertiary/aromatic N) is 1. The van der Waals surface area contributed by atoms with Gasteiger partial charge >= 0.3 is 11.9 Å². The lowest BCUT2D eigenvalue weighted by molar-refractivity contribution is -0.889. The quantitative estimate of drug-likeness (QED) is 0.0864. The number of unbranched alkanes of at least 4 members (excludes halogenated alkanes) is 12. The molecule has 8 nitrogen and oxygen atoms in total. The van der Waals surface area contributed by atoms with E-state index in [1.54, 1.807) is 21.1 Å². The van der Waals surface area contributed by atoms with E-state index in [-0.39, 0.29) is 42.7 Å². The van der Waals surface area contributed by atoms with E-state index in [2.05, 4.69) is 6.92 Å². The summed E-state index contributed by atoms with van der Waals surface area (Å²) in [5.41, 5.74) is 0. The van der Waals surface area contributed by atoms with E-state index in [0.717, 1.165) is 32.1 Å². The van der Waals surface area contributed by atoms with Crippen molar-refractivity contribution in [2.45, 2.75) is 135 Å². The van der Waals surface area contributed by atoms with E-state index in [9.17, 15) is 19.5 Å². The predicted octanol–water partition coefficient (Wildman–Crippen LogP) is 4.95. The molecule has 38 heavy (non-hydrogen) atoms. The third kappa shape index (κ3) is 21.3. The molecule has 0 aliphatic carbocycles. The van der Waals surface area contributed by atoms with Crippen LogP contribution in [0.5, 0.6) is 0 Å². The molecule has 0 N–H and O–H groups in total. The monoisotopic (exact) mass is 543 g/mol. The van der Waals surface area contributed by atoms with Gasteiger partial charge in [0.1, 0.15) is 12.6 Å². The molecule has 0 spiro atoms. The standard InChI is InChI=1S/C30H57NO7/c1-6-8-10-11-12-13-14-15-16-17-18-19-21-29(33)38-26(25-37-28(32)20-9-7-2)24-36-23-22-27(30(34)35)31(3,4)5/h26-27H,6-25H2,1-5H3. The first-order valence-electron chi connectivity index (χ1n) is 15.1. The lowest BCUT2D eigenvalue weighted by Crippen LogP contribution is -2.55. The molecule has 0 rings (SSSR count). The van der Waals surface area contributed by atoms with Crippen molar-refractivity contribution in [2.75, 3.05) is 41.0 Å². The Morgan fingerprint density at radius 1 is 0.684 bits per heavy atom. The molecule has 224 valence electrons. The molecule has 2 unspecified atom stereocenters. The first-order valence-corrected chi connectivity index (χ1v) is 15.1. The van der Waals surface area contributed by atoms with Crippen molar-refractivity contribution in [3.05, 3.63) is 0 Å². The minimum atomic E-state index is -1.13. The Morgan fingerprint density at radius 3 is 1.68 bits per heavy atom. The predicted molar refractivity (Wildman–Crippen MR) is 148 cm³/mol. The molecular formula is C30H57NO7. The van der Waals surface area contributed by atoms with Crippen LogP contribution in [0.2, 0.25) is 0 Å². The number of carbonyl (C=O) groups excluding carboxylic acids is 3. The zero-order valence-electron chi connectivity index (χ0n) is 25.1. The van der Waals surface area contributed by atoms with Crippen LogP contribution >= 0.6 is 0 Å². The van der Waals surface area contributed by atoms with E-state index in [1.807, 2.05) is 6.92 Å². The Bertz CT molecular complexity index is 618. The molecule has 0 aromatic carbocycles. The second-order valence-corrected chi connectivity index (χ2v) is 11.4. The number of carboxylic acid groups (broad SMARTS) is 1. The fraction of sp³-hybridized carbons (Fsp3) is 0.900. The van der Waals surface area contributed by atoms with Crippen LogP contribution in [0, 0.1) is 0 Å². The number of likely N-dealkylation sites (N-methyl/N-ethyl adjacent to an activating group) is 1. The van der Waals surface area contributed by atoms with Gasteiger partial charge in [0.15, 0.2) is 6.10 Å². The second-order valence-electron chi connectivity index (χ2n) is 11.4. The van der Waals surface area contributed by atoms with E-state index in [0.29, 0.717) is 12.8 Å². The average molecular weight is 544 g/mol. The number of carbonyl (C=O) groups is 3. The number of aliphatic carboxylic acids is 1. The Hall–Kier alpha value is -1.67. The normalized spacial score (nSPS) is 13.2. The summed E-state index contributed by atoms with van der Waals surface area (Å²) in [6.07, 6.45) is 16.5. The molecule has 0 saturated carbocycles. The summed E-state index contributed by atoms with van der Waals surface area (Å²) >= 11 is 0. The van der Waals surface area contributed by atoms with Gasteiger partial charge < -0.3 is 28.6 Å². The number of rotatable bonds is 26. The zero-order chi connectivity index (χ0) is 28.7. The molecule has 0 aliphatic rings. The van der Waals surface area contributed by atoms with Gasteiger partial charge in [-0.1, -0.05) is 90.9 Å². The van der Waals surface area contributed by atoms with Gasteiger partial charge in [0, 0.05) is 19.3 Å². The molecule has 0 bridgehead atoms. The van der Waals surface area contributed by atoms with Crippen LogP contribution in [0.4, 0.5) is 0 Å². The largest absolute Gasteiger partial charge is 0.544 e. The van der Waals surface area contributed by atoms with Crippen LogP contribution in [0.3, 0.4) is 0 Å². The van der Waals surface area contributed by atoms with Crippen LogP contribution in [-0.4, -0.2) is 75.5 Å². The van der Waals surface area contributed by atoms with Crippen LogP contribution in [0.25, 0.3) is 0 Å². The summed E-state index contributed by atoms with van der Waals surface area (Å²) in [7, 11) is 5.36. The molecule has 2 atom stereocenters. The molecule has 0 aromatic rings. The molecule has 0 aliphatic heterocycles. The molecule has 0 aromatic heterocycles. The number of hydrogen-bond donors (Lipinski definition) is 0. The van der Waals surface area contributed by atoms with Gasteiger partial charge in [-0.3, -0.25) is 9.59 Å². The fourth-order valence-corrected chi connectivity index (χ4v) is 4.28. The van der Waals surface area contributed by atoms with E-state index in [1.165, 1.54) is 57.8 Å². The van der Waals surface area contributed by atoms with Crippen LogP contribution < -0.4 is 5.11 Å². The lowest BCUT2D eigenvalue weighted by Gasteiger charge is -2.34. The van der Waals surface area contributed by atoms with Gasteiger partial charge in [-0.25, -0.2) is 0 Å². The number of quaternary nitrogens is 1. The smallest absolute Gasteiger partial charge is 0.306 e.